The molecule has 3 rings (SSSR count). The largest absolute Gasteiger partial charge is 0.481 e. The van der Waals surface area contributed by atoms with Gasteiger partial charge in [0.1, 0.15) is 5.82 Å². The predicted molar refractivity (Wildman–Crippen MR) is 89.0 cm³/mol. The molecule has 0 radical (unpaired) electrons. The number of halogens is 1. The van der Waals surface area contributed by atoms with Crippen LogP contribution in [0.5, 0.6) is 0 Å². The van der Waals surface area contributed by atoms with Crippen molar-refractivity contribution in [1.29, 1.82) is 0 Å². The maximum atomic E-state index is 13.0. The minimum absolute atomic E-state index is 0.206. The van der Waals surface area contributed by atoms with Gasteiger partial charge in [0.25, 0.3) is 5.91 Å². The standard InChI is InChI=1S/C18H20FN3O3/c19-12-6-8-13(9-7-12)22-11-10-16(21-22)17(23)20-15-5-3-1-2-4-14(15)18(24)25/h6-11,14-15H,1-5H2,(H,20,23)(H,24,25)/t14-,15+/m1/s1. The van der Waals surface area contributed by atoms with Gasteiger partial charge >= 0.3 is 5.97 Å². The highest BCUT2D eigenvalue weighted by Gasteiger charge is 2.31. The number of carbonyl (C=O) groups is 2. The fourth-order valence-corrected chi connectivity index (χ4v) is 3.20. The molecule has 1 heterocycles. The second kappa shape index (κ2) is 7.46. The zero-order chi connectivity index (χ0) is 17.8. The third kappa shape index (κ3) is 4.04. The summed E-state index contributed by atoms with van der Waals surface area (Å²) in [4.78, 5) is 23.9. The second-order valence-corrected chi connectivity index (χ2v) is 6.28. The highest BCUT2D eigenvalue weighted by molar-refractivity contribution is 5.92. The lowest BCUT2D eigenvalue weighted by molar-refractivity contribution is -0.142. The molecule has 1 aliphatic rings. The van der Waals surface area contributed by atoms with Crippen LogP contribution < -0.4 is 5.32 Å². The Hall–Kier alpha value is -2.70. The lowest BCUT2D eigenvalue weighted by Crippen LogP contribution is -2.43. The van der Waals surface area contributed by atoms with Crippen molar-refractivity contribution >= 4 is 11.9 Å². The first-order valence-corrected chi connectivity index (χ1v) is 8.40. The molecule has 6 nitrogen and oxygen atoms in total. The zero-order valence-electron chi connectivity index (χ0n) is 13.7. The molecular weight excluding hydrogens is 325 g/mol. The van der Waals surface area contributed by atoms with Crippen LogP contribution in [0.15, 0.2) is 36.5 Å². The van der Waals surface area contributed by atoms with E-state index >= 15 is 0 Å². The SMILES string of the molecule is O=C(N[C@H]1CCCCC[C@H]1C(=O)O)c1ccn(-c2ccc(F)cc2)n1. The first kappa shape index (κ1) is 17.1. The summed E-state index contributed by atoms with van der Waals surface area (Å²) in [5.74, 6) is -2.17. The number of aliphatic carboxylic acids is 1. The molecule has 2 aromatic rings. The van der Waals surface area contributed by atoms with Crippen LogP contribution in [0.25, 0.3) is 5.69 Å². The number of rotatable bonds is 4. The fraction of sp³-hybridized carbons (Fsp3) is 0.389. The molecule has 25 heavy (non-hydrogen) atoms. The monoisotopic (exact) mass is 345 g/mol. The van der Waals surface area contributed by atoms with Gasteiger partial charge in [-0.05, 0) is 43.2 Å². The maximum absolute atomic E-state index is 13.0. The van der Waals surface area contributed by atoms with E-state index in [9.17, 15) is 19.1 Å². The average Bonchev–Trinajstić information content (AvgIpc) is 2.96. The maximum Gasteiger partial charge on any atom is 0.308 e. The lowest BCUT2D eigenvalue weighted by atomic mass is 9.95. The van der Waals surface area contributed by atoms with Gasteiger partial charge in [-0.3, -0.25) is 9.59 Å². The number of nitrogens with one attached hydrogen (secondary N) is 1. The van der Waals surface area contributed by atoms with Crippen LogP contribution in [-0.4, -0.2) is 32.8 Å². The van der Waals surface area contributed by atoms with Crippen LogP contribution in [0, 0.1) is 11.7 Å². The summed E-state index contributed by atoms with van der Waals surface area (Å²) >= 11 is 0. The highest BCUT2D eigenvalue weighted by Crippen LogP contribution is 2.24. The van der Waals surface area contributed by atoms with Gasteiger partial charge in [0.2, 0.25) is 0 Å². The third-order valence-corrected chi connectivity index (χ3v) is 4.56. The molecule has 7 heteroatoms. The molecule has 132 valence electrons. The Morgan fingerprint density at radius 3 is 2.56 bits per heavy atom. The summed E-state index contributed by atoms with van der Waals surface area (Å²) in [7, 11) is 0. The Kier molecular flexibility index (Phi) is 5.11. The van der Waals surface area contributed by atoms with E-state index in [0.29, 0.717) is 18.5 Å². The van der Waals surface area contributed by atoms with Crippen molar-refractivity contribution in [3.8, 4) is 5.69 Å². The molecule has 1 saturated carbocycles. The molecule has 1 amide bonds. The summed E-state index contributed by atoms with van der Waals surface area (Å²) in [6.45, 7) is 0. The minimum atomic E-state index is -0.871. The van der Waals surface area contributed by atoms with Crippen LogP contribution in [0.2, 0.25) is 0 Å². The summed E-state index contributed by atoms with van der Waals surface area (Å²) in [5.41, 5.74) is 0.844. The number of hydrogen-bond acceptors (Lipinski definition) is 3. The van der Waals surface area contributed by atoms with Crippen LogP contribution in [0.3, 0.4) is 0 Å². The Labute approximate surface area is 144 Å². The summed E-state index contributed by atoms with van der Waals surface area (Å²) in [6.07, 6.45) is 5.59. The molecule has 2 atom stereocenters. The number of carbonyl (C=O) groups excluding carboxylic acids is 1. The van der Waals surface area contributed by atoms with Gasteiger partial charge in [-0.1, -0.05) is 19.3 Å². The smallest absolute Gasteiger partial charge is 0.308 e. The van der Waals surface area contributed by atoms with Crippen molar-refractivity contribution in [2.75, 3.05) is 0 Å². The second-order valence-electron chi connectivity index (χ2n) is 6.28. The lowest BCUT2D eigenvalue weighted by Gasteiger charge is -2.22. The number of carboxylic acid groups (broad SMARTS) is 1. The van der Waals surface area contributed by atoms with Crippen molar-refractivity contribution in [2.24, 2.45) is 5.92 Å². The van der Waals surface area contributed by atoms with Gasteiger partial charge in [0, 0.05) is 12.2 Å². The van der Waals surface area contributed by atoms with Crippen LogP contribution in [0.4, 0.5) is 4.39 Å². The molecular formula is C18H20FN3O3. The van der Waals surface area contributed by atoms with Gasteiger partial charge in [0.05, 0.1) is 11.6 Å². The van der Waals surface area contributed by atoms with Crippen molar-refractivity contribution in [2.45, 2.75) is 38.1 Å². The molecule has 1 aromatic heterocycles. The molecule has 0 bridgehead atoms. The van der Waals surface area contributed by atoms with Crippen LogP contribution in [0.1, 0.15) is 42.6 Å². The van der Waals surface area contributed by atoms with Crippen molar-refractivity contribution in [3.05, 3.63) is 48.0 Å². The predicted octanol–water partition coefficient (Wildman–Crippen LogP) is 2.77. The summed E-state index contributed by atoms with van der Waals surface area (Å²) in [5, 5.41) is 16.4. The first-order valence-electron chi connectivity index (χ1n) is 8.40. The molecule has 0 spiro atoms. The molecule has 1 fully saturated rings. The molecule has 1 aromatic carbocycles. The van der Waals surface area contributed by atoms with Gasteiger partial charge < -0.3 is 10.4 Å². The molecule has 2 N–H and O–H groups in total. The normalized spacial score (nSPS) is 20.7. The number of amides is 1. The topological polar surface area (TPSA) is 84.2 Å². The number of aromatic nitrogens is 2. The van der Waals surface area contributed by atoms with E-state index in [1.165, 1.54) is 16.8 Å². The number of benzene rings is 1. The van der Waals surface area contributed by atoms with Crippen molar-refractivity contribution in [1.82, 2.24) is 15.1 Å². The van der Waals surface area contributed by atoms with Crippen LogP contribution >= 0.6 is 0 Å². The third-order valence-electron chi connectivity index (χ3n) is 4.56. The number of hydrogen-bond donors (Lipinski definition) is 2. The van der Waals surface area contributed by atoms with E-state index < -0.39 is 11.9 Å². The van der Waals surface area contributed by atoms with E-state index in [2.05, 4.69) is 10.4 Å². The van der Waals surface area contributed by atoms with E-state index in [1.54, 1.807) is 24.4 Å². The van der Waals surface area contributed by atoms with Crippen molar-refractivity contribution < 1.29 is 19.1 Å². The van der Waals surface area contributed by atoms with Crippen molar-refractivity contribution in [3.63, 3.8) is 0 Å². The first-order chi connectivity index (χ1) is 12.0. The Morgan fingerprint density at radius 1 is 1.12 bits per heavy atom. The molecule has 0 unspecified atom stereocenters. The van der Waals surface area contributed by atoms with E-state index in [-0.39, 0.29) is 23.5 Å². The van der Waals surface area contributed by atoms with Crippen LogP contribution in [-0.2, 0) is 4.79 Å². The van der Waals surface area contributed by atoms with E-state index in [0.717, 1.165) is 19.3 Å². The summed E-state index contributed by atoms with van der Waals surface area (Å²) in [6, 6.07) is 6.94. The molecule has 1 aliphatic carbocycles. The molecule has 0 aliphatic heterocycles. The van der Waals surface area contributed by atoms with Gasteiger partial charge in [0.15, 0.2) is 5.69 Å². The van der Waals surface area contributed by atoms with Gasteiger partial charge in [-0.15, -0.1) is 0 Å². The minimum Gasteiger partial charge on any atom is -0.481 e. The highest BCUT2D eigenvalue weighted by atomic mass is 19.1. The van der Waals surface area contributed by atoms with Gasteiger partial charge in [-0.25, -0.2) is 9.07 Å². The zero-order valence-corrected chi connectivity index (χ0v) is 13.7. The average molecular weight is 345 g/mol. The number of nitrogens with zero attached hydrogens (tertiary/aromatic N) is 2. The van der Waals surface area contributed by atoms with Gasteiger partial charge in [-0.2, -0.15) is 5.10 Å². The fourth-order valence-electron chi connectivity index (χ4n) is 3.20. The summed E-state index contributed by atoms with van der Waals surface area (Å²) < 4.78 is 14.5. The number of carboxylic acids is 1. The quantitative estimate of drug-likeness (QED) is 0.835. The van der Waals surface area contributed by atoms with E-state index in [4.69, 9.17) is 0 Å². The Bertz CT molecular complexity index is 757. The Balaban J connectivity index is 1.72. The Morgan fingerprint density at radius 2 is 1.84 bits per heavy atom. The molecule has 0 saturated heterocycles. The van der Waals surface area contributed by atoms with E-state index in [1.807, 2.05) is 0 Å².